The molecule has 12 N–H and O–H groups in total. The summed E-state index contributed by atoms with van der Waals surface area (Å²) in [5, 5.41) is 40.7. The van der Waals surface area contributed by atoms with Crippen LogP contribution in [0.5, 0.6) is 17.2 Å². The predicted octanol–water partition coefficient (Wildman–Crippen LogP) is 4.60. The topological polar surface area (TPSA) is 335 Å². The lowest BCUT2D eigenvalue weighted by Crippen LogP contribution is -2.29. The highest BCUT2D eigenvalue weighted by atomic mass is 16.5. The zero-order valence-electron chi connectivity index (χ0n) is 40.2. The van der Waals surface area contributed by atoms with Crippen LogP contribution in [0, 0.1) is 0 Å². The number of ether oxygens (including phenoxy) is 3. The summed E-state index contributed by atoms with van der Waals surface area (Å²) in [7, 11) is 3.29. The van der Waals surface area contributed by atoms with Crippen molar-refractivity contribution < 1.29 is 68.0 Å². The van der Waals surface area contributed by atoms with E-state index >= 15 is 0 Å². The summed E-state index contributed by atoms with van der Waals surface area (Å²) in [6.07, 6.45) is -0.167. The molecule has 3 amide bonds. The number of rotatable bonds is 13. The van der Waals surface area contributed by atoms with E-state index in [1.807, 2.05) is 48.5 Å². The molecule has 6 aromatic carbocycles. The van der Waals surface area contributed by atoms with Crippen LogP contribution in [0.15, 0.2) is 146 Å². The van der Waals surface area contributed by atoms with Crippen molar-refractivity contribution in [3.05, 3.63) is 162 Å². The minimum Gasteiger partial charge on any atom is -0.497 e. The number of aldehydes is 1. The lowest BCUT2D eigenvalue weighted by atomic mass is 9.80. The number of nitrogen functional groups attached to an aromatic ring is 1. The van der Waals surface area contributed by atoms with Gasteiger partial charge in [0.2, 0.25) is 18.1 Å². The van der Waals surface area contributed by atoms with E-state index in [1.54, 1.807) is 110 Å². The SMILES string of the molecule is COc1ccc(-c2c(NC(C)=O)c3ccccc3n2C(C)=O)cc1.COc1ccc(B(O)O)cc1.COc1ccc(C(Nc2ccccc2C(N)=O)C(=O)O)cc1.NC(=O)c1ccccc1N.O=CC(=O)O.[B]. The second-order valence-electron chi connectivity index (χ2n) is 14.7. The maximum absolute atomic E-state index is 12.3. The Hall–Kier alpha value is -9.40. The first-order valence-electron chi connectivity index (χ1n) is 21.2. The second-order valence-corrected chi connectivity index (χ2v) is 14.7. The van der Waals surface area contributed by atoms with Crippen molar-refractivity contribution in [1.29, 1.82) is 0 Å². The molecule has 73 heavy (non-hydrogen) atoms. The fourth-order valence-corrected chi connectivity index (χ4v) is 6.45. The van der Waals surface area contributed by atoms with E-state index in [-0.39, 0.29) is 32.1 Å². The standard InChI is InChI=1S/C19H18N2O3.C16H16N2O4.C7H9BO3.C7H8N2O.C2H2O3.B/c1-12(22)20-18-16-6-4-5-7-17(16)21(13(2)23)19(18)14-8-10-15(24-3)11-9-14;1-22-11-8-6-10(7-9-11)14(16(20)21)18-13-5-3-2-4-12(13)15(17)19;1-11-7-4-2-6(3-5-7)8(9)10;8-6-4-2-1-3-5(6)7(9)10;3-1-2(4)5;/h4-11H,1-3H3,(H,20,22);2-9,14,18H,1H3,(H2,17,19)(H,20,21);2-5,9-10H,1H3;1-4H,8H2,(H2,9,10);1H,(H,4,5);. The summed E-state index contributed by atoms with van der Waals surface area (Å²) in [4.78, 5) is 75.4. The Bertz CT molecular complexity index is 2970. The van der Waals surface area contributed by atoms with Gasteiger partial charge in [-0.3, -0.25) is 28.5 Å². The minimum atomic E-state index is -1.43. The van der Waals surface area contributed by atoms with Crippen LogP contribution in [0.2, 0.25) is 0 Å². The first-order valence-corrected chi connectivity index (χ1v) is 21.2. The van der Waals surface area contributed by atoms with E-state index < -0.39 is 36.9 Å². The van der Waals surface area contributed by atoms with Gasteiger partial charge in [0.15, 0.2) is 6.04 Å². The molecule has 0 aliphatic heterocycles. The lowest BCUT2D eigenvalue weighted by molar-refractivity contribution is -0.143. The van der Waals surface area contributed by atoms with Crippen molar-refractivity contribution in [3.63, 3.8) is 0 Å². The van der Waals surface area contributed by atoms with E-state index in [4.69, 9.17) is 56.2 Å². The average Bonchev–Trinajstić information content (AvgIpc) is 3.70. The summed E-state index contributed by atoms with van der Waals surface area (Å²) in [5.41, 5.74) is 21.0. The van der Waals surface area contributed by atoms with Crippen molar-refractivity contribution in [2.45, 2.75) is 19.9 Å². The van der Waals surface area contributed by atoms with Gasteiger partial charge in [-0.2, -0.15) is 0 Å². The monoisotopic (exact) mass is 995 g/mol. The van der Waals surface area contributed by atoms with Gasteiger partial charge in [-0.05, 0) is 89.9 Å². The van der Waals surface area contributed by atoms with Gasteiger partial charge in [-0.1, -0.05) is 66.7 Å². The quantitative estimate of drug-likeness (QED) is 0.0330. The van der Waals surface area contributed by atoms with Crippen LogP contribution >= 0.6 is 0 Å². The molecule has 7 aromatic rings. The number of carboxylic acids is 2. The van der Waals surface area contributed by atoms with E-state index in [0.717, 1.165) is 22.2 Å². The average molecular weight is 996 g/mol. The fraction of sp³-hybridized carbons (Fsp3) is 0.118. The normalized spacial score (nSPS) is 10.1. The Morgan fingerprint density at radius 2 is 1.10 bits per heavy atom. The molecule has 3 radical (unpaired) electrons. The number of nitrogens with one attached hydrogen (secondary N) is 2. The Balaban J connectivity index is 0.000000340. The summed E-state index contributed by atoms with van der Waals surface area (Å²) in [6.45, 7) is 2.97. The highest BCUT2D eigenvalue weighted by molar-refractivity contribution is 6.58. The number of carbonyl (C=O) groups is 7. The maximum atomic E-state index is 12.3. The Morgan fingerprint density at radius 3 is 1.52 bits per heavy atom. The summed E-state index contributed by atoms with van der Waals surface area (Å²) in [5.74, 6) is -1.84. The number of carboxylic acid groups (broad SMARTS) is 2. The van der Waals surface area contributed by atoms with Crippen LogP contribution in [0.4, 0.5) is 17.1 Å². The number of hydrogen-bond acceptors (Lipinski definition) is 14. The first-order chi connectivity index (χ1) is 34.3. The van der Waals surface area contributed by atoms with Gasteiger partial charge >= 0.3 is 19.1 Å². The molecule has 0 saturated carbocycles. The zero-order chi connectivity index (χ0) is 53.5. The largest absolute Gasteiger partial charge is 0.497 e. The molecule has 22 heteroatoms. The molecule has 377 valence electrons. The van der Waals surface area contributed by atoms with Gasteiger partial charge < -0.3 is 62.3 Å². The molecule has 0 aliphatic carbocycles. The number of nitrogens with zero attached hydrogens (tertiary/aromatic N) is 1. The number of para-hydroxylation sites is 3. The molecule has 20 nitrogen and oxygen atoms in total. The van der Waals surface area contributed by atoms with Crippen LogP contribution in [-0.4, -0.2) is 104 Å². The predicted molar refractivity (Wildman–Crippen MR) is 278 cm³/mol. The van der Waals surface area contributed by atoms with Crippen LogP contribution in [0.25, 0.3) is 22.2 Å². The van der Waals surface area contributed by atoms with Gasteiger partial charge in [-0.15, -0.1) is 0 Å². The van der Waals surface area contributed by atoms with Gasteiger partial charge in [0.1, 0.15) is 17.2 Å². The number of primary amides is 2. The maximum Gasteiger partial charge on any atom is 0.488 e. The van der Waals surface area contributed by atoms with Crippen molar-refractivity contribution in [2.75, 3.05) is 37.7 Å². The summed E-state index contributed by atoms with van der Waals surface area (Å²) in [6, 6.07) is 40.3. The summed E-state index contributed by atoms with van der Waals surface area (Å²) < 4.78 is 16.8. The molecule has 0 aliphatic rings. The van der Waals surface area contributed by atoms with Gasteiger partial charge in [0, 0.05) is 44.6 Å². The van der Waals surface area contributed by atoms with Crippen molar-refractivity contribution in [2.24, 2.45) is 11.5 Å². The van der Waals surface area contributed by atoms with E-state index in [2.05, 4.69) is 10.6 Å². The van der Waals surface area contributed by atoms with E-state index in [1.165, 1.54) is 27.0 Å². The van der Waals surface area contributed by atoms with Crippen LogP contribution in [-0.2, 0) is 19.2 Å². The van der Waals surface area contributed by atoms with Crippen molar-refractivity contribution >= 4 is 90.8 Å². The Kier molecular flexibility index (Phi) is 24.2. The molecule has 1 heterocycles. The molecule has 7 rings (SSSR count). The molecule has 1 atom stereocenters. The highest BCUT2D eigenvalue weighted by Crippen LogP contribution is 2.39. The van der Waals surface area contributed by atoms with Crippen LogP contribution in [0.3, 0.4) is 0 Å². The molecule has 1 aromatic heterocycles. The van der Waals surface area contributed by atoms with Crippen LogP contribution in [0.1, 0.15) is 51.0 Å². The van der Waals surface area contributed by atoms with Gasteiger partial charge in [-0.25, -0.2) is 9.59 Å². The smallest absolute Gasteiger partial charge is 0.488 e. The summed E-state index contributed by atoms with van der Waals surface area (Å²) >= 11 is 0. The molecule has 0 spiro atoms. The number of nitrogens with two attached hydrogens (primary N) is 3. The second kappa shape index (κ2) is 29.6. The van der Waals surface area contributed by atoms with Gasteiger partial charge in [0.05, 0.1) is 49.4 Å². The van der Waals surface area contributed by atoms with Crippen molar-refractivity contribution in [1.82, 2.24) is 4.57 Å². The molecular formula is C51H53B2N6O14. The third-order valence-corrected chi connectivity index (χ3v) is 9.78. The zero-order valence-corrected chi connectivity index (χ0v) is 40.2. The molecule has 0 bridgehead atoms. The number of aromatic nitrogens is 1. The minimum absolute atomic E-state index is 0. The van der Waals surface area contributed by atoms with E-state index in [0.29, 0.717) is 50.8 Å². The number of hydrogen-bond donors (Lipinski definition) is 9. The first kappa shape index (κ1) is 59.7. The Labute approximate surface area is 422 Å². The highest BCUT2D eigenvalue weighted by Gasteiger charge is 2.23. The van der Waals surface area contributed by atoms with E-state index in [9.17, 15) is 29.1 Å². The molecule has 1 unspecified atom stereocenters. The van der Waals surface area contributed by atoms with Crippen LogP contribution < -0.4 is 47.5 Å². The number of methoxy groups -OCH3 is 3. The lowest BCUT2D eigenvalue weighted by Gasteiger charge is -2.18. The Morgan fingerprint density at radius 1 is 0.644 bits per heavy atom. The number of carbonyl (C=O) groups excluding carboxylic acids is 5. The van der Waals surface area contributed by atoms with Crippen molar-refractivity contribution in [3.8, 4) is 28.5 Å². The third kappa shape index (κ3) is 17.8. The fourth-order valence-electron chi connectivity index (χ4n) is 6.45. The number of aliphatic carboxylic acids is 2. The molecular weight excluding hydrogens is 942 g/mol. The molecule has 0 saturated heterocycles. The van der Waals surface area contributed by atoms with Gasteiger partial charge in [0.25, 0.3) is 11.8 Å². The molecule has 0 fully saturated rings. The number of anilines is 3. The number of fused-ring (bicyclic) bond motifs is 1. The third-order valence-electron chi connectivity index (χ3n) is 9.78. The number of benzene rings is 6. The number of amides is 3.